The van der Waals surface area contributed by atoms with E-state index in [1.807, 2.05) is 6.92 Å². The van der Waals surface area contributed by atoms with E-state index in [9.17, 15) is 14.4 Å². The van der Waals surface area contributed by atoms with E-state index in [2.05, 4.69) is 4.74 Å². The van der Waals surface area contributed by atoms with Crippen LogP contribution in [-0.2, 0) is 9.53 Å². The third kappa shape index (κ3) is 6.23. The second-order valence-corrected chi connectivity index (χ2v) is 4.16. The average Bonchev–Trinajstić information content (AvgIpc) is 2.35. The number of carboxylic acid groups (broad SMARTS) is 2. The summed E-state index contributed by atoms with van der Waals surface area (Å²) in [6.45, 7) is 2.75. The first-order valence-electron chi connectivity index (χ1n) is 6.21. The van der Waals surface area contributed by atoms with E-state index in [-0.39, 0.29) is 6.54 Å². The van der Waals surface area contributed by atoms with Gasteiger partial charge in [-0.1, -0.05) is 19.8 Å². The van der Waals surface area contributed by atoms with Gasteiger partial charge in [-0.3, -0.25) is 9.69 Å². The molecular weight excluding hydrogens is 270 g/mol. The molecule has 0 aromatic carbocycles. The Hall–Kier alpha value is -2.03. The minimum Gasteiger partial charge on any atom is -0.465 e. The highest BCUT2D eigenvalue weighted by Crippen LogP contribution is 2.08. The Balaban J connectivity index is 4.93. The predicted octanol–water partition coefficient (Wildman–Crippen LogP) is 0.900. The van der Waals surface area contributed by atoms with Gasteiger partial charge >= 0.3 is 18.2 Å². The molecule has 9 nitrogen and oxygen atoms in total. The SMILES string of the molecule is CCCCCN(C(=O)O)C(COC(C)=O)N(N)C(=O)O. The quantitative estimate of drug-likeness (QED) is 0.151. The molecule has 0 aromatic heterocycles. The average molecular weight is 291 g/mol. The monoisotopic (exact) mass is 291 g/mol. The van der Waals surface area contributed by atoms with Gasteiger partial charge in [0.1, 0.15) is 6.61 Å². The van der Waals surface area contributed by atoms with Gasteiger partial charge in [0.2, 0.25) is 0 Å². The van der Waals surface area contributed by atoms with Crippen molar-refractivity contribution in [1.29, 1.82) is 0 Å². The van der Waals surface area contributed by atoms with E-state index in [0.717, 1.165) is 24.7 Å². The first-order valence-corrected chi connectivity index (χ1v) is 6.21. The van der Waals surface area contributed by atoms with Gasteiger partial charge < -0.3 is 14.9 Å². The van der Waals surface area contributed by atoms with Crippen LogP contribution in [0.1, 0.15) is 33.1 Å². The fourth-order valence-electron chi connectivity index (χ4n) is 1.54. The summed E-state index contributed by atoms with van der Waals surface area (Å²) in [5.74, 6) is 4.68. The molecule has 0 rings (SSSR count). The van der Waals surface area contributed by atoms with Crippen molar-refractivity contribution < 1.29 is 29.3 Å². The van der Waals surface area contributed by atoms with Crippen molar-refractivity contribution >= 4 is 18.2 Å². The lowest BCUT2D eigenvalue weighted by atomic mass is 10.2. The molecule has 20 heavy (non-hydrogen) atoms. The van der Waals surface area contributed by atoms with E-state index >= 15 is 0 Å². The molecule has 0 aliphatic rings. The molecule has 0 aromatic rings. The molecule has 1 atom stereocenters. The standard InChI is InChI=1S/C11H21N3O6/c1-3-4-5-6-13(10(16)17)9(7-20-8(2)15)14(12)11(18)19/h9H,3-7,12H2,1-2H3,(H,16,17)(H,18,19). The molecule has 1 unspecified atom stereocenters. The van der Waals surface area contributed by atoms with Gasteiger partial charge in [-0.25, -0.2) is 20.4 Å². The van der Waals surface area contributed by atoms with Gasteiger partial charge in [0.15, 0.2) is 6.17 Å². The summed E-state index contributed by atoms with van der Waals surface area (Å²) in [6.07, 6.45) is -1.87. The minimum atomic E-state index is -1.51. The highest BCUT2D eigenvalue weighted by molar-refractivity contribution is 5.69. The Morgan fingerprint density at radius 3 is 2.20 bits per heavy atom. The molecule has 116 valence electrons. The highest BCUT2D eigenvalue weighted by Gasteiger charge is 2.31. The molecule has 0 fully saturated rings. The van der Waals surface area contributed by atoms with Crippen LogP contribution >= 0.6 is 0 Å². The summed E-state index contributed by atoms with van der Waals surface area (Å²) in [5.41, 5.74) is 0. The molecule has 0 saturated carbocycles. The lowest BCUT2D eigenvalue weighted by Gasteiger charge is -2.33. The number of hydrogen-bond donors (Lipinski definition) is 3. The number of carbonyl (C=O) groups excluding carboxylic acids is 1. The number of hydrogen-bond acceptors (Lipinski definition) is 5. The molecule has 0 spiro atoms. The van der Waals surface area contributed by atoms with Gasteiger partial charge in [-0.05, 0) is 6.42 Å². The summed E-state index contributed by atoms with van der Waals surface area (Å²) < 4.78 is 4.68. The number of esters is 1. The Labute approximate surface area is 116 Å². The largest absolute Gasteiger partial charge is 0.465 e. The highest BCUT2D eigenvalue weighted by atomic mass is 16.5. The number of rotatable bonds is 8. The van der Waals surface area contributed by atoms with Gasteiger partial charge in [0, 0.05) is 13.5 Å². The zero-order chi connectivity index (χ0) is 15.7. The second kappa shape index (κ2) is 8.97. The maximum Gasteiger partial charge on any atom is 0.423 e. The summed E-state index contributed by atoms with van der Waals surface area (Å²) >= 11 is 0. The van der Waals surface area contributed by atoms with Crippen molar-refractivity contribution in [1.82, 2.24) is 9.91 Å². The molecule has 0 aliphatic heterocycles. The normalized spacial score (nSPS) is 11.6. The molecule has 0 aliphatic carbocycles. The zero-order valence-corrected chi connectivity index (χ0v) is 11.6. The Morgan fingerprint density at radius 2 is 1.80 bits per heavy atom. The van der Waals surface area contributed by atoms with Crippen LogP contribution in [0.5, 0.6) is 0 Å². The van der Waals surface area contributed by atoms with Crippen LogP contribution < -0.4 is 5.84 Å². The van der Waals surface area contributed by atoms with Gasteiger partial charge in [0.05, 0.1) is 0 Å². The van der Waals surface area contributed by atoms with Crippen LogP contribution in [-0.4, -0.2) is 57.6 Å². The first-order chi connectivity index (χ1) is 9.31. The van der Waals surface area contributed by atoms with Crippen LogP contribution in [0, 0.1) is 0 Å². The summed E-state index contributed by atoms with van der Waals surface area (Å²) in [7, 11) is 0. The van der Waals surface area contributed by atoms with Crippen molar-refractivity contribution in [2.45, 2.75) is 39.3 Å². The van der Waals surface area contributed by atoms with E-state index < -0.39 is 30.9 Å². The lowest BCUT2D eigenvalue weighted by molar-refractivity contribution is -0.144. The number of unbranched alkanes of at least 4 members (excludes halogenated alkanes) is 2. The predicted molar refractivity (Wildman–Crippen MR) is 68.7 cm³/mol. The van der Waals surface area contributed by atoms with Crippen LogP contribution in [0.25, 0.3) is 0 Å². The molecule has 0 saturated heterocycles. The van der Waals surface area contributed by atoms with Crippen LogP contribution in [0.3, 0.4) is 0 Å². The summed E-state index contributed by atoms with van der Waals surface area (Å²) in [6, 6.07) is 0. The Bertz CT molecular complexity index is 349. The van der Waals surface area contributed by atoms with Crippen molar-refractivity contribution in [2.24, 2.45) is 5.84 Å². The van der Waals surface area contributed by atoms with E-state index in [0.29, 0.717) is 11.4 Å². The number of carbonyl (C=O) groups is 3. The van der Waals surface area contributed by atoms with Crippen LogP contribution in [0.2, 0.25) is 0 Å². The summed E-state index contributed by atoms with van der Waals surface area (Å²) in [5, 5.41) is 18.3. The first kappa shape index (κ1) is 18.0. The maximum atomic E-state index is 11.2. The summed E-state index contributed by atoms with van der Waals surface area (Å²) in [4.78, 5) is 33.8. The second-order valence-electron chi connectivity index (χ2n) is 4.16. The van der Waals surface area contributed by atoms with Crippen molar-refractivity contribution in [3.8, 4) is 0 Å². The van der Waals surface area contributed by atoms with Crippen LogP contribution in [0.15, 0.2) is 0 Å². The molecule has 4 N–H and O–H groups in total. The fraction of sp³-hybridized carbons (Fsp3) is 0.727. The van der Waals surface area contributed by atoms with E-state index in [4.69, 9.17) is 16.1 Å². The Kier molecular flexibility index (Phi) is 8.06. The van der Waals surface area contributed by atoms with Crippen molar-refractivity contribution in [3.63, 3.8) is 0 Å². The van der Waals surface area contributed by atoms with Gasteiger partial charge in [-0.2, -0.15) is 0 Å². The van der Waals surface area contributed by atoms with E-state index in [1.165, 1.54) is 0 Å². The molecule has 0 radical (unpaired) electrons. The molecule has 9 heteroatoms. The van der Waals surface area contributed by atoms with Crippen molar-refractivity contribution in [2.75, 3.05) is 13.2 Å². The molecule has 0 heterocycles. The number of amides is 2. The molecule has 2 amide bonds. The number of hydrazine groups is 1. The van der Waals surface area contributed by atoms with Crippen LogP contribution in [0.4, 0.5) is 9.59 Å². The van der Waals surface area contributed by atoms with Gasteiger partial charge in [0.25, 0.3) is 0 Å². The Morgan fingerprint density at radius 1 is 1.20 bits per heavy atom. The van der Waals surface area contributed by atoms with Crippen molar-refractivity contribution in [3.05, 3.63) is 0 Å². The number of nitrogens with two attached hydrogens (primary N) is 1. The topological polar surface area (TPSA) is 133 Å². The lowest BCUT2D eigenvalue weighted by Crippen LogP contribution is -2.58. The van der Waals surface area contributed by atoms with Gasteiger partial charge in [-0.15, -0.1) is 0 Å². The fourth-order valence-corrected chi connectivity index (χ4v) is 1.54. The third-order valence-corrected chi connectivity index (χ3v) is 2.59. The third-order valence-electron chi connectivity index (χ3n) is 2.59. The number of nitrogens with zero attached hydrogens (tertiary/aromatic N) is 2. The van der Waals surface area contributed by atoms with E-state index in [1.54, 1.807) is 0 Å². The minimum absolute atomic E-state index is 0.107. The molecule has 0 bridgehead atoms. The maximum absolute atomic E-state index is 11.2. The zero-order valence-electron chi connectivity index (χ0n) is 11.6. The molecular formula is C11H21N3O6. The number of ether oxygens (including phenoxy) is 1. The smallest absolute Gasteiger partial charge is 0.423 e.